The van der Waals surface area contributed by atoms with Crippen molar-refractivity contribution in [1.29, 1.82) is 0 Å². The van der Waals surface area contributed by atoms with Crippen LogP contribution < -0.4 is 0 Å². The molecule has 0 radical (unpaired) electrons. The van der Waals surface area contributed by atoms with E-state index in [0.29, 0.717) is 0 Å². The molecular formula is C15H26O2. The summed E-state index contributed by atoms with van der Waals surface area (Å²) in [6.45, 7) is 3.74. The lowest BCUT2D eigenvalue weighted by Crippen LogP contribution is -2.08. The zero-order chi connectivity index (χ0) is 12.5. The van der Waals surface area contributed by atoms with Gasteiger partial charge in [-0.25, -0.2) is 4.79 Å². The van der Waals surface area contributed by atoms with Crippen molar-refractivity contribution < 1.29 is 9.53 Å². The zero-order valence-corrected chi connectivity index (χ0v) is 11.3. The van der Waals surface area contributed by atoms with E-state index in [4.69, 9.17) is 4.74 Å². The van der Waals surface area contributed by atoms with Crippen LogP contribution in [0.15, 0.2) is 12.2 Å². The molecule has 98 valence electrons. The quantitative estimate of drug-likeness (QED) is 0.393. The number of carbonyl (C=O) groups is 1. The average molecular weight is 238 g/mol. The fourth-order valence-electron chi connectivity index (χ4n) is 2.45. The molecule has 0 aromatic heterocycles. The van der Waals surface area contributed by atoms with Crippen LogP contribution in [0.25, 0.3) is 0 Å². The topological polar surface area (TPSA) is 26.3 Å². The molecule has 1 saturated carbocycles. The van der Waals surface area contributed by atoms with Gasteiger partial charge < -0.3 is 4.74 Å². The smallest absolute Gasteiger partial charge is 0.330 e. The van der Waals surface area contributed by atoms with Crippen molar-refractivity contribution in [3.8, 4) is 0 Å². The molecule has 0 aromatic rings. The first-order valence-electron chi connectivity index (χ1n) is 7.05. The number of carbonyl (C=O) groups excluding carboxylic acids is 1. The van der Waals surface area contributed by atoms with Gasteiger partial charge in [0.1, 0.15) is 0 Å². The molecule has 0 heterocycles. The molecule has 0 spiro atoms. The molecule has 1 rings (SSSR count). The van der Waals surface area contributed by atoms with Crippen molar-refractivity contribution in [2.45, 2.75) is 71.3 Å². The Hall–Kier alpha value is -0.790. The summed E-state index contributed by atoms with van der Waals surface area (Å²) in [4.78, 5) is 11.2. The molecule has 0 aromatic carbocycles. The minimum atomic E-state index is -0.210. The third-order valence-corrected chi connectivity index (χ3v) is 3.31. The number of hydrogen-bond donors (Lipinski definition) is 0. The molecule has 2 nitrogen and oxygen atoms in total. The Morgan fingerprint density at radius 1 is 1.29 bits per heavy atom. The number of hydrogen-bond acceptors (Lipinski definition) is 2. The van der Waals surface area contributed by atoms with Crippen molar-refractivity contribution in [3.63, 3.8) is 0 Å². The van der Waals surface area contributed by atoms with Crippen molar-refractivity contribution >= 4 is 5.97 Å². The van der Waals surface area contributed by atoms with Crippen LogP contribution in [0.5, 0.6) is 0 Å². The van der Waals surface area contributed by atoms with Gasteiger partial charge in [0, 0.05) is 6.08 Å². The van der Waals surface area contributed by atoms with E-state index in [1.54, 1.807) is 6.08 Å². The Morgan fingerprint density at radius 3 is 2.65 bits per heavy atom. The monoisotopic (exact) mass is 238 g/mol. The lowest BCUT2D eigenvalue weighted by molar-refractivity contribution is -0.141. The second-order valence-electron chi connectivity index (χ2n) is 5.32. The molecule has 0 amide bonds. The number of esters is 1. The first-order chi connectivity index (χ1) is 8.18. The maximum Gasteiger partial charge on any atom is 0.330 e. The van der Waals surface area contributed by atoms with Gasteiger partial charge in [0.05, 0.1) is 6.10 Å². The Morgan fingerprint density at radius 2 is 2.00 bits per heavy atom. The summed E-state index contributed by atoms with van der Waals surface area (Å²) in [6.07, 6.45) is 14.1. The molecule has 1 aliphatic carbocycles. The lowest BCUT2D eigenvalue weighted by Gasteiger charge is -2.20. The second kappa shape index (κ2) is 8.32. The Kier molecular flexibility index (Phi) is 6.99. The van der Waals surface area contributed by atoms with Crippen molar-refractivity contribution in [2.24, 2.45) is 5.92 Å². The van der Waals surface area contributed by atoms with Gasteiger partial charge in [-0.15, -0.1) is 0 Å². The van der Waals surface area contributed by atoms with Crippen LogP contribution >= 0.6 is 0 Å². The predicted octanol–water partition coefficient (Wildman–Crippen LogP) is 4.24. The number of unbranched alkanes of at least 4 members (excludes halogenated alkanes) is 1. The SMILES string of the molecule is CC(C)OC(=O)/C=C/CCCC1CCCCC1. The third kappa shape index (κ3) is 7.19. The highest BCUT2D eigenvalue weighted by molar-refractivity contribution is 5.81. The molecule has 1 fully saturated rings. The van der Waals surface area contributed by atoms with Gasteiger partial charge in [0.15, 0.2) is 0 Å². The summed E-state index contributed by atoms with van der Waals surface area (Å²) in [6, 6.07) is 0. The Balaban J connectivity index is 2.02. The molecule has 0 bridgehead atoms. The fraction of sp³-hybridized carbons (Fsp3) is 0.800. The molecule has 0 saturated heterocycles. The summed E-state index contributed by atoms with van der Waals surface area (Å²) in [5.74, 6) is 0.734. The number of rotatable bonds is 6. The molecule has 1 aliphatic rings. The van der Waals surface area contributed by atoms with E-state index < -0.39 is 0 Å². The highest BCUT2D eigenvalue weighted by Crippen LogP contribution is 2.27. The first kappa shape index (κ1) is 14.3. The van der Waals surface area contributed by atoms with Crippen molar-refractivity contribution in [2.75, 3.05) is 0 Å². The van der Waals surface area contributed by atoms with Gasteiger partial charge in [0.2, 0.25) is 0 Å². The molecule has 17 heavy (non-hydrogen) atoms. The zero-order valence-electron chi connectivity index (χ0n) is 11.3. The van der Waals surface area contributed by atoms with Crippen LogP contribution in [0.1, 0.15) is 65.2 Å². The van der Waals surface area contributed by atoms with Gasteiger partial charge >= 0.3 is 5.97 Å². The molecule has 0 unspecified atom stereocenters. The van der Waals surface area contributed by atoms with Crippen LogP contribution in [0.3, 0.4) is 0 Å². The first-order valence-corrected chi connectivity index (χ1v) is 7.05. The maximum absolute atomic E-state index is 11.2. The number of allylic oxidation sites excluding steroid dienone is 1. The average Bonchev–Trinajstić information content (AvgIpc) is 2.29. The summed E-state index contributed by atoms with van der Waals surface area (Å²) >= 11 is 0. The third-order valence-electron chi connectivity index (χ3n) is 3.31. The minimum absolute atomic E-state index is 0.0191. The van der Waals surface area contributed by atoms with Gasteiger partial charge in [-0.05, 0) is 32.6 Å². The summed E-state index contributed by atoms with van der Waals surface area (Å²) < 4.78 is 5.02. The summed E-state index contributed by atoms with van der Waals surface area (Å²) in [5.41, 5.74) is 0. The van der Waals surface area contributed by atoms with Crippen LogP contribution in [0.2, 0.25) is 0 Å². The minimum Gasteiger partial charge on any atom is -0.460 e. The Bertz CT molecular complexity index is 237. The molecule has 2 heteroatoms. The van der Waals surface area contributed by atoms with Gasteiger partial charge in [-0.2, -0.15) is 0 Å². The highest BCUT2D eigenvalue weighted by atomic mass is 16.5. The van der Waals surface area contributed by atoms with E-state index >= 15 is 0 Å². The molecule has 0 atom stereocenters. The second-order valence-corrected chi connectivity index (χ2v) is 5.32. The summed E-state index contributed by atoms with van der Waals surface area (Å²) in [7, 11) is 0. The normalized spacial score (nSPS) is 17.8. The van der Waals surface area contributed by atoms with Crippen LogP contribution in [-0.4, -0.2) is 12.1 Å². The van der Waals surface area contributed by atoms with Crippen molar-refractivity contribution in [3.05, 3.63) is 12.2 Å². The maximum atomic E-state index is 11.2. The van der Waals surface area contributed by atoms with E-state index in [1.165, 1.54) is 44.9 Å². The number of ether oxygens (including phenoxy) is 1. The highest BCUT2D eigenvalue weighted by Gasteiger charge is 2.12. The van der Waals surface area contributed by atoms with E-state index in [2.05, 4.69) is 0 Å². The molecular weight excluding hydrogens is 212 g/mol. The van der Waals surface area contributed by atoms with Gasteiger partial charge in [-0.1, -0.05) is 44.6 Å². The van der Waals surface area contributed by atoms with E-state index in [0.717, 1.165) is 12.3 Å². The van der Waals surface area contributed by atoms with Crippen LogP contribution in [-0.2, 0) is 9.53 Å². The lowest BCUT2D eigenvalue weighted by atomic mass is 9.86. The standard InChI is InChI=1S/C15H26O2/c1-13(2)17-15(16)12-8-4-7-11-14-9-5-3-6-10-14/h8,12-14H,3-7,9-11H2,1-2H3/b12-8+. The largest absolute Gasteiger partial charge is 0.460 e. The van der Waals surface area contributed by atoms with Crippen molar-refractivity contribution in [1.82, 2.24) is 0 Å². The van der Waals surface area contributed by atoms with E-state index in [9.17, 15) is 4.79 Å². The van der Waals surface area contributed by atoms with E-state index in [-0.39, 0.29) is 12.1 Å². The van der Waals surface area contributed by atoms with Gasteiger partial charge in [0.25, 0.3) is 0 Å². The summed E-state index contributed by atoms with van der Waals surface area (Å²) in [5, 5.41) is 0. The van der Waals surface area contributed by atoms with Crippen LogP contribution in [0, 0.1) is 5.92 Å². The Labute approximate surface area is 105 Å². The van der Waals surface area contributed by atoms with Crippen LogP contribution in [0.4, 0.5) is 0 Å². The molecule has 0 aliphatic heterocycles. The molecule has 0 N–H and O–H groups in total. The van der Waals surface area contributed by atoms with E-state index in [1.807, 2.05) is 19.9 Å². The van der Waals surface area contributed by atoms with Gasteiger partial charge in [-0.3, -0.25) is 0 Å². The fourth-order valence-corrected chi connectivity index (χ4v) is 2.45. The predicted molar refractivity (Wildman–Crippen MR) is 70.8 cm³/mol.